The molecule has 0 aliphatic carbocycles. The van der Waals surface area contributed by atoms with E-state index in [2.05, 4.69) is 27.1 Å². The van der Waals surface area contributed by atoms with Crippen LogP contribution in [0.15, 0.2) is 23.6 Å². The Kier molecular flexibility index (Phi) is 8.15. The molecule has 5 rings (SSSR count). The largest absolute Gasteiger partial charge is 0.366 e. The summed E-state index contributed by atoms with van der Waals surface area (Å²) in [6.07, 6.45) is -0.987. The number of halogens is 3. The lowest BCUT2D eigenvalue weighted by molar-refractivity contribution is -0.138. The molecule has 216 valence electrons. The summed E-state index contributed by atoms with van der Waals surface area (Å²) in [6.45, 7) is 5.98. The maximum absolute atomic E-state index is 15.2. The molecule has 13 heteroatoms. The number of rotatable bonds is 7. The van der Waals surface area contributed by atoms with Crippen molar-refractivity contribution in [1.29, 1.82) is 0 Å². The number of carbonyl (C=O) groups is 3. The van der Waals surface area contributed by atoms with Crippen molar-refractivity contribution in [2.24, 2.45) is 0 Å². The van der Waals surface area contributed by atoms with Gasteiger partial charge in [0.1, 0.15) is 36.3 Å². The Bertz CT molecular complexity index is 1300. The molecule has 4 heterocycles. The number of nitrogens with zero attached hydrogens (tertiary/aromatic N) is 4. The first-order valence-electron chi connectivity index (χ1n) is 13.2. The molecular weight excluding hydrogens is 564 g/mol. The van der Waals surface area contributed by atoms with Gasteiger partial charge in [-0.25, -0.2) is 13.8 Å². The molecule has 3 aliphatic heterocycles. The summed E-state index contributed by atoms with van der Waals surface area (Å²) in [5, 5.41) is 4.56. The second-order valence-electron chi connectivity index (χ2n) is 11.1. The molecule has 9 nitrogen and oxygen atoms in total. The number of likely N-dealkylation sites (tertiary alicyclic amines) is 1. The molecule has 0 spiro atoms. The molecule has 3 aliphatic rings. The number of fused-ring (bicyclic) bond motifs is 1. The molecular formula is C27H32ClF2N5O4S. The zero-order valence-electron chi connectivity index (χ0n) is 22.5. The standard InChI is InChI=1S/C27H32ClF2N5O4S/c1-27(2,30)11-19(25(38)35-12-17(28)23-22(35)21(36)13-39-23)31-24(37)15-4-5-16(18(29)10-15)20-14-40-26(32-20)34-8-6-33(3)7-9-34/h4-5,10,14,17,19,22-23H,6-9,11-13H2,1-3H3,(H,31,37). The van der Waals surface area contributed by atoms with Crippen LogP contribution in [0.1, 0.15) is 30.6 Å². The third-order valence-electron chi connectivity index (χ3n) is 7.47. The zero-order valence-corrected chi connectivity index (χ0v) is 24.1. The van der Waals surface area contributed by atoms with Crippen molar-refractivity contribution in [3.8, 4) is 11.3 Å². The summed E-state index contributed by atoms with van der Waals surface area (Å²) in [7, 11) is 2.07. The third-order valence-corrected chi connectivity index (χ3v) is 8.76. The monoisotopic (exact) mass is 595 g/mol. The van der Waals surface area contributed by atoms with Crippen LogP contribution in [-0.4, -0.2) is 108 Å². The molecule has 3 fully saturated rings. The average molecular weight is 596 g/mol. The molecule has 0 saturated carbocycles. The first-order valence-corrected chi connectivity index (χ1v) is 14.5. The van der Waals surface area contributed by atoms with Crippen LogP contribution in [0.3, 0.4) is 0 Å². The minimum Gasteiger partial charge on any atom is -0.366 e. The molecule has 1 N–H and O–H groups in total. The Labute approximate surface area is 240 Å². The lowest BCUT2D eigenvalue weighted by Gasteiger charge is -2.32. The fraction of sp³-hybridized carbons (Fsp3) is 0.556. The van der Waals surface area contributed by atoms with Crippen LogP contribution in [0, 0.1) is 5.82 Å². The molecule has 40 heavy (non-hydrogen) atoms. The van der Waals surface area contributed by atoms with Gasteiger partial charge < -0.3 is 24.8 Å². The minimum absolute atomic E-state index is 0.0278. The highest BCUT2D eigenvalue weighted by molar-refractivity contribution is 7.14. The van der Waals surface area contributed by atoms with Gasteiger partial charge >= 0.3 is 0 Å². The SMILES string of the molecule is CN1CCN(c2nc(-c3ccc(C(=O)NC(CC(C)(C)F)C(=O)N4CC(Cl)C5OCC(=O)C54)cc3F)cs2)CC1. The first-order chi connectivity index (χ1) is 18.9. The van der Waals surface area contributed by atoms with Gasteiger partial charge in [-0.3, -0.25) is 14.4 Å². The number of hydrogen-bond acceptors (Lipinski definition) is 8. The topological polar surface area (TPSA) is 95.1 Å². The Balaban J connectivity index is 1.31. The van der Waals surface area contributed by atoms with Gasteiger partial charge in [0.15, 0.2) is 10.9 Å². The molecule has 2 aromatic rings. The maximum atomic E-state index is 15.2. The predicted octanol–water partition coefficient (Wildman–Crippen LogP) is 2.72. The molecule has 4 unspecified atom stereocenters. The van der Waals surface area contributed by atoms with E-state index in [1.165, 1.54) is 42.2 Å². The number of carbonyl (C=O) groups excluding carboxylic acids is 3. The highest BCUT2D eigenvalue weighted by atomic mass is 35.5. The average Bonchev–Trinajstić information content (AvgIpc) is 3.61. The highest BCUT2D eigenvalue weighted by Crippen LogP contribution is 2.33. The summed E-state index contributed by atoms with van der Waals surface area (Å²) >= 11 is 7.75. The van der Waals surface area contributed by atoms with Crippen LogP contribution < -0.4 is 10.2 Å². The molecule has 1 aromatic heterocycles. The van der Waals surface area contributed by atoms with Crippen LogP contribution in [0.4, 0.5) is 13.9 Å². The van der Waals surface area contributed by atoms with Crippen molar-refractivity contribution in [1.82, 2.24) is 20.1 Å². The number of alkyl halides is 2. The summed E-state index contributed by atoms with van der Waals surface area (Å²) in [6, 6.07) is 1.83. The number of likely N-dealkylation sites (N-methyl/N-ethyl adjacent to an activating group) is 1. The van der Waals surface area contributed by atoms with E-state index in [0.29, 0.717) is 5.69 Å². The predicted molar refractivity (Wildman–Crippen MR) is 148 cm³/mol. The number of nitrogens with one attached hydrogen (secondary N) is 1. The number of Topliss-reactive ketones (excluding diaryl/α,β-unsaturated/α-hetero) is 1. The Morgan fingerprint density at radius 1 is 1.27 bits per heavy atom. The van der Waals surface area contributed by atoms with Crippen molar-refractivity contribution < 1.29 is 27.9 Å². The van der Waals surface area contributed by atoms with Gasteiger partial charge in [-0.1, -0.05) is 0 Å². The number of ketones is 1. The maximum Gasteiger partial charge on any atom is 0.252 e. The molecule has 1 aromatic carbocycles. The first kappa shape index (κ1) is 28.8. The number of aromatic nitrogens is 1. The van der Waals surface area contributed by atoms with E-state index in [1.54, 1.807) is 5.38 Å². The quantitative estimate of drug-likeness (QED) is 0.492. The number of hydrogen-bond donors (Lipinski definition) is 1. The summed E-state index contributed by atoms with van der Waals surface area (Å²) in [5.41, 5.74) is -1.12. The van der Waals surface area contributed by atoms with Crippen molar-refractivity contribution in [3.05, 3.63) is 35.0 Å². The summed E-state index contributed by atoms with van der Waals surface area (Å²) in [5.74, 6) is -2.30. The highest BCUT2D eigenvalue weighted by Gasteiger charge is 2.53. The zero-order chi connectivity index (χ0) is 28.8. The molecule has 3 saturated heterocycles. The second-order valence-corrected chi connectivity index (χ2v) is 12.5. The Hall–Kier alpha value is -2.67. The molecule has 2 amide bonds. The fourth-order valence-electron chi connectivity index (χ4n) is 5.35. The smallest absolute Gasteiger partial charge is 0.252 e. The third kappa shape index (κ3) is 6.00. The van der Waals surface area contributed by atoms with Gasteiger partial charge in [-0.15, -0.1) is 22.9 Å². The van der Waals surface area contributed by atoms with Crippen molar-refractivity contribution in [2.75, 3.05) is 51.3 Å². The van der Waals surface area contributed by atoms with Crippen LogP contribution in [0.25, 0.3) is 11.3 Å². The van der Waals surface area contributed by atoms with Gasteiger partial charge in [-0.2, -0.15) is 0 Å². The second kappa shape index (κ2) is 11.3. The van der Waals surface area contributed by atoms with E-state index < -0.39 is 46.9 Å². The summed E-state index contributed by atoms with van der Waals surface area (Å²) < 4.78 is 35.3. The molecule has 4 atom stereocenters. The van der Waals surface area contributed by atoms with E-state index >= 15 is 4.39 Å². The fourth-order valence-corrected chi connectivity index (χ4v) is 6.58. The van der Waals surface area contributed by atoms with E-state index in [9.17, 15) is 18.8 Å². The van der Waals surface area contributed by atoms with Gasteiger partial charge in [0.2, 0.25) is 5.91 Å². The number of thiazole rings is 1. The van der Waals surface area contributed by atoms with E-state index in [-0.39, 0.29) is 36.5 Å². The number of benzene rings is 1. The van der Waals surface area contributed by atoms with E-state index in [0.717, 1.165) is 37.4 Å². The van der Waals surface area contributed by atoms with Crippen LogP contribution in [-0.2, 0) is 14.3 Å². The van der Waals surface area contributed by atoms with Gasteiger partial charge in [-0.05, 0) is 39.1 Å². The number of ether oxygens (including phenoxy) is 1. The number of piperazine rings is 1. The number of anilines is 1. The van der Waals surface area contributed by atoms with Crippen molar-refractivity contribution in [3.63, 3.8) is 0 Å². The Morgan fingerprint density at radius 3 is 2.67 bits per heavy atom. The van der Waals surface area contributed by atoms with Gasteiger partial charge in [0.05, 0.1) is 11.1 Å². The van der Waals surface area contributed by atoms with Gasteiger partial charge in [0.25, 0.3) is 5.91 Å². The van der Waals surface area contributed by atoms with Crippen molar-refractivity contribution in [2.45, 2.75) is 49.5 Å². The van der Waals surface area contributed by atoms with E-state index in [4.69, 9.17) is 16.3 Å². The van der Waals surface area contributed by atoms with Gasteiger partial charge in [0, 0.05) is 55.7 Å². The molecule has 0 bridgehead atoms. The lowest BCUT2D eigenvalue weighted by Crippen LogP contribution is -2.53. The van der Waals surface area contributed by atoms with Crippen LogP contribution >= 0.6 is 22.9 Å². The van der Waals surface area contributed by atoms with Crippen LogP contribution in [0.2, 0.25) is 0 Å². The Morgan fingerprint density at radius 2 is 2.00 bits per heavy atom. The lowest BCUT2D eigenvalue weighted by atomic mass is 9.98. The minimum atomic E-state index is -1.81. The van der Waals surface area contributed by atoms with Crippen LogP contribution in [0.5, 0.6) is 0 Å². The summed E-state index contributed by atoms with van der Waals surface area (Å²) in [4.78, 5) is 49.2. The number of amides is 2. The van der Waals surface area contributed by atoms with E-state index in [1.807, 2.05) is 0 Å². The normalized spacial score (nSPS) is 24.4. The van der Waals surface area contributed by atoms with Crippen molar-refractivity contribution >= 4 is 45.7 Å². The molecule has 0 radical (unpaired) electrons.